The van der Waals surface area contributed by atoms with Gasteiger partial charge in [-0.05, 0) is 18.2 Å². The van der Waals surface area contributed by atoms with Gasteiger partial charge in [0.1, 0.15) is 6.61 Å². The lowest BCUT2D eigenvalue weighted by Crippen LogP contribution is -2.19. The van der Waals surface area contributed by atoms with Crippen molar-refractivity contribution in [2.45, 2.75) is 11.1 Å². The van der Waals surface area contributed by atoms with E-state index in [1.807, 2.05) is 0 Å². The predicted octanol–water partition coefficient (Wildman–Crippen LogP) is 2.72. The van der Waals surface area contributed by atoms with Crippen molar-refractivity contribution >= 4 is 28.4 Å². The largest absolute Gasteiger partial charge is 0.478 e. The van der Waals surface area contributed by atoms with Crippen LogP contribution in [0.1, 0.15) is 10.4 Å². The Bertz CT molecular complexity index is 519. The van der Waals surface area contributed by atoms with Crippen LogP contribution < -0.4 is 0 Å². The molecule has 1 atom stereocenters. The number of alkyl halides is 3. The Morgan fingerprint density at radius 1 is 1.40 bits per heavy atom. The lowest BCUT2D eigenvalue weighted by atomic mass is 10.2. The molecule has 0 saturated carbocycles. The third-order valence-electron chi connectivity index (χ3n) is 2.11. The zero-order valence-electron chi connectivity index (χ0n) is 9.95. The number of halogens is 4. The Morgan fingerprint density at radius 3 is 2.60 bits per heavy atom. The molecule has 1 aromatic rings. The third-order valence-corrected chi connectivity index (χ3v) is 3.76. The van der Waals surface area contributed by atoms with E-state index >= 15 is 0 Å². The SMILES string of the molecule is O=C(O)c1cc(S(=O)CCOCC(F)(F)F)ccc1Cl. The molecule has 0 saturated heterocycles. The van der Waals surface area contributed by atoms with E-state index in [0.717, 1.165) is 6.07 Å². The molecule has 0 radical (unpaired) electrons. The summed E-state index contributed by atoms with van der Waals surface area (Å²) in [5.41, 5.74) is -0.214. The molecule has 9 heteroatoms. The second kappa shape index (κ2) is 7.05. The summed E-state index contributed by atoms with van der Waals surface area (Å²) in [6, 6.07) is 3.76. The average Bonchev–Trinajstić information content (AvgIpc) is 2.33. The number of hydrogen-bond donors (Lipinski definition) is 1. The van der Waals surface area contributed by atoms with Gasteiger partial charge >= 0.3 is 12.1 Å². The van der Waals surface area contributed by atoms with Crippen LogP contribution in [0.5, 0.6) is 0 Å². The van der Waals surface area contributed by atoms with Gasteiger partial charge in [-0.1, -0.05) is 11.6 Å². The van der Waals surface area contributed by atoms with Crippen LogP contribution in [0.3, 0.4) is 0 Å². The molecule has 0 heterocycles. The Labute approximate surface area is 119 Å². The monoisotopic (exact) mass is 330 g/mol. The minimum atomic E-state index is -4.43. The number of carboxylic acids is 1. The highest BCUT2D eigenvalue weighted by Crippen LogP contribution is 2.20. The van der Waals surface area contributed by atoms with Crippen LogP contribution >= 0.6 is 11.6 Å². The van der Waals surface area contributed by atoms with E-state index in [-0.39, 0.29) is 27.8 Å². The lowest BCUT2D eigenvalue weighted by Gasteiger charge is -2.08. The van der Waals surface area contributed by atoms with Crippen molar-refractivity contribution in [3.63, 3.8) is 0 Å². The Morgan fingerprint density at radius 2 is 2.05 bits per heavy atom. The highest BCUT2D eigenvalue weighted by atomic mass is 35.5. The maximum absolute atomic E-state index is 11.8. The molecule has 0 aliphatic rings. The number of ether oxygens (including phenoxy) is 1. The highest BCUT2D eigenvalue weighted by Gasteiger charge is 2.27. The number of rotatable bonds is 6. The summed E-state index contributed by atoms with van der Waals surface area (Å²) in [7, 11) is -1.66. The first-order valence-electron chi connectivity index (χ1n) is 5.26. The third kappa shape index (κ3) is 5.48. The van der Waals surface area contributed by atoms with Crippen molar-refractivity contribution in [1.29, 1.82) is 0 Å². The van der Waals surface area contributed by atoms with Gasteiger partial charge in [0.15, 0.2) is 0 Å². The van der Waals surface area contributed by atoms with Gasteiger partial charge in [0.05, 0.1) is 33.7 Å². The van der Waals surface area contributed by atoms with Gasteiger partial charge in [-0.15, -0.1) is 0 Å². The fourth-order valence-corrected chi connectivity index (χ4v) is 2.42. The van der Waals surface area contributed by atoms with Gasteiger partial charge in [-0.25, -0.2) is 4.79 Å². The van der Waals surface area contributed by atoms with Gasteiger partial charge in [0, 0.05) is 4.90 Å². The molecule has 1 N–H and O–H groups in total. The second-order valence-electron chi connectivity index (χ2n) is 3.66. The standard InChI is InChI=1S/C11H10ClF3O4S/c12-9-2-1-7(5-8(9)10(16)17)20(18)4-3-19-6-11(13,14)15/h1-2,5H,3-4,6H2,(H,16,17). The summed E-state index contributed by atoms with van der Waals surface area (Å²) < 4.78 is 51.5. The molecule has 1 rings (SSSR count). The minimum absolute atomic E-state index is 0.00780. The zero-order valence-corrected chi connectivity index (χ0v) is 11.5. The number of aromatic carboxylic acids is 1. The van der Waals surface area contributed by atoms with E-state index in [0.29, 0.717) is 0 Å². The summed E-state index contributed by atoms with van der Waals surface area (Å²) in [5, 5.41) is 8.83. The summed E-state index contributed by atoms with van der Waals surface area (Å²) in [4.78, 5) is 11.0. The Balaban J connectivity index is 2.60. The van der Waals surface area contributed by atoms with Gasteiger partial charge in [-0.2, -0.15) is 13.2 Å². The van der Waals surface area contributed by atoms with E-state index in [1.165, 1.54) is 12.1 Å². The molecule has 0 aliphatic carbocycles. The zero-order chi connectivity index (χ0) is 15.3. The topological polar surface area (TPSA) is 63.6 Å². The first-order chi connectivity index (χ1) is 9.20. The van der Waals surface area contributed by atoms with Crippen molar-refractivity contribution in [3.05, 3.63) is 28.8 Å². The number of benzene rings is 1. The molecule has 0 aliphatic heterocycles. The Kier molecular flexibility index (Phi) is 5.97. The number of hydrogen-bond acceptors (Lipinski definition) is 3. The molecule has 4 nitrogen and oxygen atoms in total. The summed E-state index contributed by atoms with van der Waals surface area (Å²) in [6.07, 6.45) is -4.43. The highest BCUT2D eigenvalue weighted by molar-refractivity contribution is 7.85. The molecule has 1 aromatic carbocycles. The van der Waals surface area contributed by atoms with Crippen molar-refractivity contribution in [2.75, 3.05) is 19.0 Å². The molecule has 112 valence electrons. The van der Waals surface area contributed by atoms with E-state index in [4.69, 9.17) is 16.7 Å². The summed E-state index contributed by atoms with van der Waals surface area (Å²) in [5.74, 6) is -1.45. The van der Waals surface area contributed by atoms with Crippen molar-refractivity contribution in [3.8, 4) is 0 Å². The normalized spacial score (nSPS) is 13.2. The molecule has 0 amide bonds. The molecule has 20 heavy (non-hydrogen) atoms. The van der Waals surface area contributed by atoms with Crippen LogP contribution in [0.25, 0.3) is 0 Å². The first kappa shape index (κ1) is 16.9. The Hall–Kier alpha value is -1.12. The predicted molar refractivity (Wildman–Crippen MR) is 66.6 cm³/mol. The molecular formula is C11H10ClF3O4S. The van der Waals surface area contributed by atoms with Gasteiger partial charge < -0.3 is 9.84 Å². The van der Waals surface area contributed by atoms with E-state index in [1.54, 1.807) is 0 Å². The summed E-state index contributed by atoms with van der Waals surface area (Å²) >= 11 is 5.64. The first-order valence-corrected chi connectivity index (χ1v) is 6.96. The molecular weight excluding hydrogens is 321 g/mol. The van der Waals surface area contributed by atoms with Crippen LogP contribution in [0.15, 0.2) is 23.1 Å². The van der Waals surface area contributed by atoms with Crippen LogP contribution in [-0.4, -0.2) is 40.4 Å². The van der Waals surface area contributed by atoms with Gasteiger partial charge in [-0.3, -0.25) is 4.21 Å². The van der Waals surface area contributed by atoms with Crippen LogP contribution in [-0.2, 0) is 15.5 Å². The molecule has 1 unspecified atom stereocenters. The van der Waals surface area contributed by atoms with Crippen LogP contribution in [0.2, 0.25) is 5.02 Å². The molecule has 0 aromatic heterocycles. The molecule has 0 bridgehead atoms. The maximum Gasteiger partial charge on any atom is 0.411 e. The van der Waals surface area contributed by atoms with Crippen molar-refractivity contribution in [2.24, 2.45) is 0 Å². The molecule has 0 spiro atoms. The second-order valence-corrected chi connectivity index (χ2v) is 5.64. The van der Waals surface area contributed by atoms with Gasteiger partial charge in [0.2, 0.25) is 0 Å². The summed E-state index contributed by atoms with van der Waals surface area (Å²) in [6.45, 7) is -1.76. The number of carboxylic acid groups (broad SMARTS) is 1. The van der Waals surface area contributed by atoms with Crippen molar-refractivity contribution < 1.29 is 32.0 Å². The smallest absolute Gasteiger partial charge is 0.411 e. The van der Waals surface area contributed by atoms with Crippen molar-refractivity contribution in [1.82, 2.24) is 0 Å². The fraction of sp³-hybridized carbons (Fsp3) is 0.364. The van der Waals surface area contributed by atoms with Crippen LogP contribution in [0.4, 0.5) is 13.2 Å². The van der Waals surface area contributed by atoms with E-state index < -0.39 is 29.6 Å². The maximum atomic E-state index is 11.8. The quantitative estimate of drug-likeness (QED) is 0.815. The van der Waals surface area contributed by atoms with E-state index in [2.05, 4.69) is 4.74 Å². The fourth-order valence-electron chi connectivity index (χ4n) is 1.25. The van der Waals surface area contributed by atoms with E-state index in [9.17, 15) is 22.2 Å². The average molecular weight is 331 g/mol. The lowest BCUT2D eigenvalue weighted by molar-refractivity contribution is -0.172. The van der Waals surface area contributed by atoms with Crippen LogP contribution in [0, 0.1) is 0 Å². The minimum Gasteiger partial charge on any atom is -0.478 e. The van der Waals surface area contributed by atoms with Gasteiger partial charge in [0.25, 0.3) is 0 Å². The number of carbonyl (C=O) groups is 1. The molecule has 0 fully saturated rings.